The minimum absolute atomic E-state index is 0.175. The quantitative estimate of drug-likeness (QED) is 0.582. The Kier molecular flexibility index (Phi) is 4.64. The highest BCUT2D eigenvalue weighted by Crippen LogP contribution is 2.28. The number of sulfonamides is 1. The van der Waals surface area contributed by atoms with Gasteiger partial charge in [-0.1, -0.05) is 22.0 Å². The molecule has 0 amide bonds. The number of nitro benzene ring substituents is 1. The summed E-state index contributed by atoms with van der Waals surface area (Å²) in [6.07, 6.45) is 0. The summed E-state index contributed by atoms with van der Waals surface area (Å²) < 4.78 is 28.2. The molecule has 110 valence electrons. The normalized spacial score (nSPS) is 11.1. The summed E-state index contributed by atoms with van der Waals surface area (Å²) in [5.41, 5.74) is 0.0532. The van der Waals surface area contributed by atoms with Gasteiger partial charge in [0.25, 0.3) is 15.7 Å². The van der Waals surface area contributed by atoms with Crippen LogP contribution in [0.1, 0.15) is 0 Å². The molecule has 0 saturated heterocycles. The Morgan fingerprint density at radius 1 is 1.10 bits per heavy atom. The van der Waals surface area contributed by atoms with Gasteiger partial charge in [0.05, 0.1) is 15.5 Å². The first-order valence-electron chi connectivity index (χ1n) is 5.52. The lowest BCUT2D eigenvalue weighted by Gasteiger charge is -2.10. The number of hydrogen-bond acceptors (Lipinski definition) is 4. The van der Waals surface area contributed by atoms with Gasteiger partial charge in [-0.25, -0.2) is 8.42 Å². The second-order valence-electron chi connectivity index (χ2n) is 3.98. The van der Waals surface area contributed by atoms with Gasteiger partial charge >= 0.3 is 0 Å². The Hall–Kier alpha value is -1.45. The third-order valence-electron chi connectivity index (χ3n) is 2.51. The minimum atomic E-state index is -3.90. The van der Waals surface area contributed by atoms with Gasteiger partial charge in [-0.2, -0.15) is 0 Å². The number of anilines is 1. The summed E-state index contributed by atoms with van der Waals surface area (Å²) in [5, 5.41) is 10.7. The molecule has 1 N–H and O–H groups in total. The van der Waals surface area contributed by atoms with Gasteiger partial charge < -0.3 is 0 Å². The van der Waals surface area contributed by atoms with Gasteiger partial charge in [0.15, 0.2) is 0 Å². The van der Waals surface area contributed by atoms with E-state index in [1.165, 1.54) is 18.2 Å². The first-order chi connectivity index (χ1) is 9.79. The fourth-order valence-electron chi connectivity index (χ4n) is 1.54. The first kappa shape index (κ1) is 15.9. The smallest absolute Gasteiger partial charge is 0.270 e. The molecule has 2 aromatic carbocycles. The molecule has 2 rings (SSSR count). The summed E-state index contributed by atoms with van der Waals surface area (Å²) in [6.45, 7) is 0. The molecular weight excluding hydrogens is 428 g/mol. The Balaban J connectivity index is 2.38. The van der Waals surface area contributed by atoms with E-state index in [0.717, 1.165) is 10.5 Å². The lowest BCUT2D eigenvalue weighted by atomic mass is 10.3. The molecule has 2 aromatic rings. The van der Waals surface area contributed by atoms with Crippen molar-refractivity contribution in [2.75, 3.05) is 4.72 Å². The van der Waals surface area contributed by atoms with E-state index in [1.807, 2.05) is 0 Å². The van der Waals surface area contributed by atoms with Crippen LogP contribution in [-0.2, 0) is 10.0 Å². The summed E-state index contributed by atoms with van der Waals surface area (Å²) in [6, 6.07) is 9.79. The highest BCUT2D eigenvalue weighted by molar-refractivity contribution is 9.11. The van der Waals surface area contributed by atoms with E-state index in [0.29, 0.717) is 10.2 Å². The zero-order valence-corrected chi connectivity index (χ0v) is 14.3. The van der Waals surface area contributed by atoms with Crippen LogP contribution >= 0.6 is 31.9 Å². The fourth-order valence-corrected chi connectivity index (χ4v) is 3.94. The molecule has 9 heteroatoms. The predicted molar refractivity (Wildman–Crippen MR) is 85.7 cm³/mol. The number of nitrogens with zero attached hydrogens (tertiary/aromatic N) is 1. The number of rotatable bonds is 4. The van der Waals surface area contributed by atoms with E-state index < -0.39 is 14.9 Å². The average Bonchev–Trinajstić information content (AvgIpc) is 2.42. The number of benzene rings is 2. The summed E-state index contributed by atoms with van der Waals surface area (Å²) in [5.74, 6) is 0. The van der Waals surface area contributed by atoms with E-state index in [4.69, 9.17) is 0 Å². The van der Waals surface area contributed by atoms with Gasteiger partial charge in [-0.15, -0.1) is 0 Å². The Labute approximate surface area is 137 Å². The summed E-state index contributed by atoms with van der Waals surface area (Å²) in [4.78, 5) is 9.89. The maximum Gasteiger partial charge on any atom is 0.270 e. The van der Waals surface area contributed by atoms with Gasteiger partial charge in [-0.3, -0.25) is 14.8 Å². The number of hydrogen-bond donors (Lipinski definition) is 1. The molecule has 0 aliphatic carbocycles. The highest BCUT2D eigenvalue weighted by Gasteiger charge is 2.18. The van der Waals surface area contributed by atoms with Crippen LogP contribution in [0, 0.1) is 10.1 Å². The fraction of sp³-hybridized carbons (Fsp3) is 0. The van der Waals surface area contributed by atoms with Crippen molar-refractivity contribution in [1.82, 2.24) is 0 Å². The van der Waals surface area contributed by atoms with Crippen LogP contribution in [0.2, 0.25) is 0 Å². The van der Waals surface area contributed by atoms with Crippen LogP contribution in [0.4, 0.5) is 11.4 Å². The van der Waals surface area contributed by atoms with Gasteiger partial charge in [0.2, 0.25) is 0 Å². The van der Waals surface area contributed by atoms with Crippen LogP contribution in [0.25, 0.3) is 0 Å². The molecule has 0 aliphatic heterocycles. The molecule has 21 heavy (non-hydrogen) atoms. The van der Waals surface area contributed by atoms with E-state index in [-0.39, 0.29) is 10.6 Å². The monoisotopic (exact) mass is 434 g/mol. The van der Waals surface area contributed by atoms with Crippen LogP contribution in [0.3, 0.4) is 0 Å². The SMILES string of the molecule is O=[N+]([O-])c1cccc(S(=O)(=O)Nc2ccc(Br)cc2Br)c1. The van der Waals surface area contributed by atoms with Crippen molar-refractivity contribution >= 4 is 53.3 Å². The van der Waals surface area contributed by atoms with Crippen molar-refractivity contribution in [2.45, 2.75) is 4.90 Å². The molecule has 0 saturated carbocycles. The second kappa shape index (κ2) is 6.12. The topological polar surface area (TPSA) is 89.3 Å². The van der Waals surface area contributed by atoms with Crippen molar-refractivity contribution in [3.05, 3.63) is 61.5 Å². The maximum atomic E-state index is 12.2. The van der Waals surface area contributed by atoms with Crippen molar-refractivity contribution in [2.24, 2.45) is 0 Å². The van der Waals surface area contributed by atoms with Crippen molar-refractivity contribution in [1.29, 1.82) is 0 Å². The molecule has 0 unspecified atom stereocenters. The van der Waals surface area contributed by atoms with Crippen LogP contribution in [0.15, 0.2) is 56.3 Å². The van der Waals surface area contributed by atoms with E-state index in [2.05, 4.69) is 36.6 Å². The van der Waals surface area contributed by atoms with Gasteiger partial charge in [0.1, 0.15) is 0 Å². The molecule has 0 aromatic heterocycles. The molecule has 0 bridgehead atoms. The molecule has 0 aliphatic rings. The van der Waals surface area contributed by atoms with E-state index in [9.17, 15) is 18.5 Å². The zero-order valence-electron chi connectivity index (χ0n) is 10.3. The number of nitrogens with one attached hydrogen (secondary N) is 1. The lowest BCUT2D eigenvalue weighted by Crippen LogP contribution is -2.13. The zero-order chi connectivity index (χ0) is 15.6. The third-order valence-corrected chi connectivity index (χ3v) is 5.03. The minimum Gasteiger partial charge on any atom is -0.278 e. The van der Waals surface area contributed by atoms with E-state index >= 15 is 0 Å². The van der Waals surface area contributed by atoms with E-state index in [1.54, 1.807) is 18.2 Å². The maximum absolute atomic E-state index is 12.2. The predicted octanol–water partition coefficient (Wildman–Crippen LogP) is 3.92. The number of nitro groups is 1. The third kappa shape index (κ3) is 3.80. The van der Waals surface area contributed by atoms with Crippen LogP contribution < -0.4 is 4.72 Å². The first-order valence-corrected chi connectivity index (χ1v) is 8.59. The number of halogens is 2. The van der Waals surface area contributed by atoms with Crippen molar-refractivity contribution in [3.8, 4) is 0 Å². The standard InChI is InChI=1S/C12H8Br2N2O4S/c13-8-4-5-12(11(14)6-8)15-21(19,20)10-3-1-2-9(7-10)16(17)18/h1-7,15H. The molecule has 6 nitrogen and oxygen atoms in total. The highest BCUT2D eigenvalue weighted by atomic mass is 79.9. The Bertz CT molecular complexity index is 809. The Morgan fingerprint density at radius 2 is 1.81 bits per heavy atom. The second-order valence-corrected chi connectivity index (χ2v) is 7.44. The van der Waals surface area contributed by atoms with Crippen molar-refractivity contribution < 1.29 is 13.3 Å². The molecule has 0 fully saturated rings. The van der Waals surface area contributed by atoms with Crippen LogP contribution in [0.5, 0.6) is 0 Å². The molecule has 0 heterocycles. The molecular formula is C12H8Br2N2O4S. The average molecular weight is 436 g/mol. The summed E-state index contributed by atoms with van der Waals surface area (Å²) in [7, 11) is -3.90. The van der Waals surface area contributed by atoms with Crippen LogP contribution in [-0.4, -0.2) is 13.3 Å². The molecule has 0 spiro atoms. The van der Waals surface area contributed by atoms with Gasteiger partial charge in [0, 0.05) is 21.1 Å². The molecule has 0 radical (unpaired) electrons. The molecule has 0 atom stereocenters. The Morgan fingerprint density at radius 3 is 2.43 bits per heavy atom. The lowest BCUT2D eigenvalue weighted by molar-refractivity contribution is -0.385. The number of non-ortho nitro benzene ring substituents is 1. The van der Waals surface area contributed by atoms with Gasteiger partial charge in [-0.05, 0) is 40.2 Å². The largest absolute Gasteiger partial charge is 0.278 e. The van der Waals surface area contributed by atoms with Crippen molar-refractivity contribution in [3.63, 3.8) is 0 Å². The summed E-state index contributed by atoms with van der Waals surface area (Å²) >= 11 is 6.51.